The predicted molar refractivity (Wildman–Crippen MR) is 84.1 cm³/mol. The number of amides is 1. The zero-order valence-electron chi connectivity index (χ0n) is 12.3. The van der Waals surface area contributed by atoms with E-state index >= 15 is 0 Å². The van der Waals surface area contributed by atoms with E-state index in [0.29, 0.717) is 28.5 Å². The molecule has 0 atom stereocenters. The monoisotopic (exact) mass is 297 g/mol. The largest absolute Gasteiger partial charge is 0.337 e. The SMILES string of the molecule is C=Cc1ccc(CN(C)C(=O)c2ccccc2C=O)c(F)c1. The second kappa shape index (κ2) is 6.80. The Morgan fingerprint density at radius 3 is 2.64 bits per heavy atom. The molecule has 0 aliphatic heterocycles. The lowest BCUT2D eigenvalue weighted by molar-refractivity contribution is 0.0781. The van der Waals surface area contributed by atoms with Crippen molar-refractivity contribution in [2.24, 2.45) is 0 Å². The van der Waals surface area contributed by atoms with Crippen molar-refractivity contribution in [2.45, 2.75) is 6.54 Å². The molecule has 2 rings (SSSR count). The summed E-state index contributed by atoms with van der Waals surface area (Å²) < 4.78 is 14.0. The second-order valence-electron chi connectivity index (χ2n) is 4.92. The summed E-state index contributed by atoms with van der Waals surface area (Å²) in [4.78, 5) is 24.8. The van der Waals surface area contributed by atoms with Gasteiger partial charge in [-0.05, 0) is 17.7 Å². The van der Waals surface area contributed by atoms with Crippen LogP contribution >= 0.6 is 0 Å². The quantitative estimate of drug-likeness (QED) is 0.791. The molecule has 0 spiro atoms. The fourth-order valence-corrected chi connectivity index (χ4v) is 2.15. The van der Waals surface area contributed by atoms with Gasteiger partial charge < -0.3 is 4.90 Å². The van der Waals surface area contributed by atoms with Crippen molar-refractivity contribution in [1.82, 2.24) is 4.90 Å². The molecule has 3 nitrogen and oxygen atoms in total. The van der Waals surface area contributed by atoms with Crippen LogP contribution < -0.4 is 0 Å². The van der Waals surface area contributed by atoms with Crippen molar-refractivity contribution in [2.75, 3.05) is 7.05 Å². The summed E-state index contributed by atoms with van der Waals surface area (Å²) in [5, 5.41) is 0. The summed E-state index contributed by atoms with van der Waals surface area (Å²) in [5.74, 6) is -0.712. The number of hydrogen-bond acceptors (Lipinski definition) is 2. The van der Waals surface area contributed by atoms with Crippen molar-refractivity contribution in [3.8, 4) is 0 Å². The highest BCUT2D eigenvalue weighted by molar-refractivity contribution is 6.01. The molecular formula is C18H16FNO2. The fourth-order valence-electron chi connectivity index (χ4n) is 2.15. The fraction of sp³-hybridized carbons (Fsp3) is 0.111. The molecule has 112 valence electrons. The molecule has 2 aromatic rings. The first-order valence-electron chi connectivity index (χ1n) is 6.77. The maximum atomic E-state index is 14.0. The smallest absolute Gasteiger partial charge is 0.254 e. The van der Waals surface area contributed by atoms with Crippen LogP contribution in [0.5, 0.6) is 0 Å². The minimum atomic E-state index is -0.388. The Morgan fingerprint density at radius 1 is 1.27 bits per heavy atom. The molecule has 0 bridgehead atoms. The summed E-state index contributed by atoms with van der Waals surface area (Å²) in [6, 6.07) is 11.3. The predicted octanol–water partition coefficient (Wildman–Crippen LogP) is 3.55. The topological polar surface area (TPSA) is 37.4 Å². The number of halogens is 1. The Kier molecular flexibility index (Phi) is 4.84. The number of carbonyl (C=O) groups is 2. The molecule has 0 saturated carbocycles. The standard InChI is InChI=1S/C18H16FNO2/c1-3-13-8-9-14(17(19)10-13)11-20(2)18(22)16-7-5-4-6-15(16)12-21/h3-10,12H,1,11H2,2H3. The van der Waals surface area contributed by atoms with E-state index in [1.54, 1.807) is 49.5 Å². The van der Waals surface area contributed by atoms with Crippen LogP contribution in [0.4, 0.5) is 4.39 Å². The Bertz CT molecular complexity index is 725. The molecule has 0 unspecified atom stereocenters. The maximum absolute atomic E-state index is 14.0. The first-order valence-corrected chi connectivity index (χ1v) is 6.77. The van der Waals surface area contributed by atoms with Crippen molar-refractivity contribution in [3.63, 3.8) is 0 Å². The second-order valence-corrected chi connectivity index (χ2v) is 4.92. The van der Waals surface area contributed by atoms with Gasteiger partial charge in [-0.2, -0.15) is 0 Å². The number of aldehydes is 1. The first kappa shape index (κ1) is 15.6. The van der Waals surface area contributed by atoms with Gasteiger partial charge in [0.05, 0.1) is 5.56 Å². The lowest BCUT2D eigenvalue weighted by Crippen LogP contribution is -2.27. The Hall–Kier alpha value is -2.75. The summed E-state index contributed by atoms with van der Waals surface area (Å²) in [6.07, 6.45) is 2.20. The van der Waals surface area contributed by atoms with E-state index in [1.807, 2.05) is 0 Å². The molecule has 0 aliphatic carbocycles. The van der Waals surface area contributed by atoms with Gasteiger partial charge in [0, 0.05) is 24.7 Å². The Morgan fingerprint density at radius 2 is 2.00 bits per heavy atom. The average molecular weight is 297 g/mol. The Balaban J connectivity index is 2.21. The number of nitrogens with zero attached hydrogens (tertiary/aromatic N) is 1. The summed E-state index contributed by atoms with van der Waals surface area (Å²) in [6.45, 7) is 3.71. The molecule has 0 saturated heterocycles. The van der Waals surface area contributed by atoms with E-state index in [9.17, 15) is 14.0 Å². The highest BCUT2D eigenvalue weighted by Crippen LogP contribution is 2.16. The van der Waals surface area contributed by atoms with Gasteiger partial charge >= 0.3 is 0 Å². The number of benzene rings is 2. The van der Waals surface area contributed by atoms with Gasteiger partial charge in [-0.1, -0.05) is 43.0 Å². The van der Waals surface area contributed by atoms with Gasteiger partial charge in [-0.3, -0.25) is 9.59 Å². The molecule has 4 heteroatoms. The van der Waals surface area contributed by atoms with Crippen LogP contribution in [0.1, 0.15) is 31.8 Å². The van der Waals surface area contributed by atoms with Crippen molar-refractivity contribution in [3.05, 3.63) is 77.1 Å². The highest BCUT2D eigenvalue weighted by atomic mass is 19.1. The molecule has 22 heavy (non-hydrogen) atoms. The molecule has 0 fully saturated rings. The Labute approximate surface area is 128 Å². The molecular weight excluding hydrogens is 281 g/mol. The van der Waals surface area contributed by atoms with Gasteiger partial charge in [0.25, 0.3) is 5.91 Å². The van der Waals surface area contributed by atoms with Crippen molar-refractivity contribution < 1.29 is 14.0 Å². The van der Waals surface area contributed by atoms with E-state index in [0.717, 1.165) is 0 Å². The van der Waals surface area contributed by atoms with Gasteiger partial charge in [0.15, 0.2) is 6.29 Å². The molecule has 1 amide bonds. The minimum Gasteiger partial charge on any atom is -0.337 e. The lowest BCUT2D eigenvalue weighted by Gasteiger charge is -2.18. The normalized spacial score (nSPS) is 10.1. The van der Waals surface area contributed by atoms with Crippen LogP contribution in [0.2, 0.25) is 0 Å². The number of hydrogen-bond donors (Lipinski definition) is 0. The molecule has 0 aliphatic rings. The van der Waals surface area contributed by atoms with E-state index in [2.05, 4.69) is 6.58 Å². The van der Waals surface area contributed by atoms with Crippen LogP contribution in [-0.4, -0.2) is 24.1 Å². The molecule has 2 aromatic carbocycles. The van der Waals surface area contributed by atoms with E-state index in [-0.39, 0.29) is 18.3 Å². The van der Waals surface area contributed by atoms with Gasteiger partial charge in [0.1, 0.15) is 5.82 Å². The van der Waals surface area contributed by atoms with Gasteiger partial charge in [-0.15, -0.1) is 0 Å². The summed E-state index contributed by atoms with van der Waals surface area (Å²) >= 11 is 0. The summed E-state index contributed by atoms with van der Waals surface area (Å²) in [5.41, 5.74) is 1.72. The van der Waals surface area contributed by atoms with Crippen molar-refractivity contribution in [1.29, 1.82) is 0 Å². The van der Waals surface area contributed by atoms with Crippen molar-refractivity contribution >= 4 is 18.3 Å². The van der Waals surface area contributed by atoms with Gasteiger partial charge in [-0.25, -0.2) is 4.39 Å². The molecule has 0 heterocycles. The highest BCUT2D eigenvalue weighted by Gasteiger charge is 2.16. The first-order chi connectivity index (χ1) is 10.6. The van der Waals surface area contributed by atoms with Crippen LogP contribution in [0, 0.1) is 5.82 Å². The zero-order valence-corrected chi connectivity index (χ0v) is 12.3. The van der Waals surface area contributed by atoms with Crippen LogP contribution in [0.15, 0.2) is 49.0 Å². The van der Waals surface area contributed by atoms with E-state index in [1.165, 1.54) is 11.0 Å². The molecule has 0 radical (unpaired) electrons. The summed E-state index contributed by atoms with van der Waals surface area (Å²) in [7, 11) is 1.57. The van der Waals surface area contributed by atoms with Crippen LogP contribution in [0.25, 0.3) is 6.08 Å². The molecule has 0 N–H and O–H groups in total. The maximum Gasteiger partial charge on any atom is 0.254 e. The number of carbonyl (C=O) groups excluding carboxylic acids is 2. The zero-order chi connectivity index (χ0) is 16.1. The third-order valence-electron chi connectivity index (χ3n) is 3.39. The average Bonchev–Trinajstić information content (AvgIpc) is 2.55. The lowest BCUT2D eigenvalue weighted by atomic mass is 10.1. The molecule has 0 aromatic heterocycles. The van der Waals surface area contributed by atoms with E-state index < -0.39 is 0 Å². The third kappa shape index (κ3) is 3.28. The van der Waals surface area contributed by atoms with Crippen LogP contribution in [0.3, 0.4) is 0 Å². The third-order valence-corrected chi connectivity index (χ3v) is 3.39. The van der Waals surface area contributed by atoms with Gasteiger partial charge in [0.2, 0.25) is 0 Å². The number of rotatable bonds is 5. The minimum absolute atomic E-state index is 0.120. The van der Waals surface area contributed by atoms with E-state index in [4.69, 9.17) is 0 Å². The van der Waals surface area contributed by atoms with Crippen LogP contribution in [-0.2, 0) is 6.54 Å².